The quantitative estimate of drug-likeness (QED) is 0.676. The summed E-state index contributed by atoms with van der Waals surface area (Å²) in [6.07, 6.45) is 0.383. The van der Waals surface area contributed by atoms with Gasteiger partial charge in [-0.05, 0) is 18.6 Å². The first-order valence-corrected chi connectivity index (χ1v) is 4.58. The molecule has 0 saturated heterocycles. The van der Waals surface area contributed by atoms with E-state index in [0.717, 1.165) is 22.6 Å². The number of nitrogens with zero attached hydrogens (tertiary/aromatic N) is 1. The summed E-state index contributed by atoms with van der Waals surface area (Å²) in [5, 5.41) is 3.15. The van der Waals surface area contributed by atoms with Crippen molar-refractivity contribution in [1.29, 1.82) is 0 Å². The Morgan fingerprint density at radius 2 is 2.21 bits per heavy atom. The largest absolute Gasteiger partial charge is 0.343 e. The SMILES string of the molecule is CN=C1CC(=O)c2c(C)cccc2N1. The topological polar surface area (TPSA) is 41.5 Å². The van der Waals surface area contributed by atoms with Crippen molar-refractivity contribution in [3.8, 4) is 0 Å². The highest BCUT2D eigenvalue weighted by Crippen LogP contribution is 2.25. The average molecular weight is 188 g/mol. The zero-order valence-corrected chi connectivity index (χ0v) is 8.29. The first kappa shape index (κ1) is 8.94. The maximum absolute atomic E-state index is 11.8. The summed E-state index contributed by atoms with van der Waals surface area (Å²) in [7, 11) is 1.69. The van der Waals surface area contributed by atoms with Crippen molar-refractivity contribution < 1.29 is 4.79 Å². The van der Waals surface area contributed by atoms with Gasteiger partial charge in [-0.1, -0.05) is 12.1 Å². The summed E-state index contributed by atoms with van der Waals surface area (Å²) in [5.74, 6) is 0.894. The number of aliphatic imine (C=N–C) groups is 1. The van der Waals surface area contributed by atoms with E-state index in [1.54, 1.807) is 7.05 Å². The van der Waals surface area contributed by atoms with Crippen LogP contribution in [0.25, 0.3) is 0 Å². The molecule has 1 aliphatic rings. The van der Waals surface area contributed by atoms with Crippen LogP contribution in [0.1, 0.15) is 22.3 Å². The molecule has 0 aromatic heterocycles. The van der Waals surface area contributed by atoms with Crippen molar-refractivity contribution in [1.82, 2.24) is 0 Å². The molecule has 0 spiro atoms. The number of ketones is 1. The third-order valence-corrected chi connectivity index (χ3v) is 2.43. The third-order valence-electron chi connectivity index (χ3n) is 2.43. The Kier molecular flexibility index (Phi) is 2.08. The Morgan fingerprint density at radius 1 is 1.43 bits per heavy atom. The minimum atomic E-state index is 0.150. The lowest BCUT2D eigenvalue weighted by Crippen LogP contribution is -2.25. The number of Topliss-reactive ketones (excluding diaryl/α,β-unsaturated/α-hetero) is 1. The van der Waals surface area contributed by atoms with Crippen LogP contribution in [0.2, 0.25) is 0 Å². The van der Waals surface area contributed by atoms with Crippen molar-refractivity contribution in [3.63, 3.8) is 0 Å². The van der Waals surface area contributed by atoms with E-state index in [9.17, 15) is 4.79 Å². The number of amidine groups is 1. The molecule has 0 aliphatic carbocycles. The molecule has 0 bridgehead atoms. The first-order chi connectivity index (χ1) is 6.72. The third kappa shape index (κ3) is 1.31. The second kappa shape index (κ2) is 3.25. The van der Waals surface area contributed by atoms with Gasteiger partial charge in [0, 0.05) is 12.6 Å². The molecule has 3 heteroatoms. The van der Waals surface area contributed by atoms with Crippen LogP contribution in [0, 0.1) is 6.92 Å². The number of fused-ring (bicyclic) bond motifs is 1. The first-order valence-electron chi connectivity index (χ1n) is 4.58. The van der Waals surface area contributed by atoms with E-state index in [4.69, 9.17) is 0 Å². The minimum Gasteiger partial charge on any atom is -0.343 e. The van der Waals surface area contributed by atoms with Gasteiger partial charge in [0.1, 0.15) is 5.84 Å². The van der Waals surface area contributed by atoms with Crippen LogP contribution in [0.5, 0.6) is 0 Å². The summed E-state index contributed by atoms with van der Waals surface area (Å²) in [4.78, 5) is 15.8. The van der Waals surface area contributed by atoms with E-state index in [0.29, 0.717) is 6.42 Å². The number of aryl methyl sites for hydroxylation is 1. The van der Waals surface area contributed by atoms with Gasteiger partial charge in [-0.25, -0.2) is 0 Å². The standard InChI is InChI=1S/C11H12N2O/c1-7-4-3-5-8-11(7)9(14)6-10(12-2)13-8/h3-5H,6H2,1-2H3,(H,12,13). The summed E-state index contributed by atoms with van der Waals surface area (Å²) in [6.45, 7) is 1.95. The highest BCUT2D eigenvalue weighted by atomic mass is 16.1. The Labute approximate surface area is 82.9 Å². The Bertz CT molecular complexity index is 421. The molecular weight excluding hydrogens is 176 g/mol. The van der Waals surface area contributed by atoms with Crippen LogP contribution in [-0.2, 0) is 0 Å². The van der Waals surface area contributed by atoms with Crippen LogP contribution in [0.4, 0.5) is 5.69 Å². The number of carbonyl (C=O) groups excluding carboxylic acids is 1. The van der Waals surface area contributed by atoms with E-state index < -0.39 is 0 Å². The maximum atomic E-state index is 11.8. The molecule has 1 aromatic carbocycles. The van der Waals surface area contributed by atoms with Gasteiger partial charge in [-0.3, -0.25) is 9.79 Å². The van der Waals surface area contributed by atoms with Crippen molar-refractivity contribution >= 4 is 17.3 Å². The summed E-state index contributed by atoms with van der Waals surface area (Å²) < 4.78 is 0. The second-order valence-electron chi connectivity index (χ2n) is 3.39. The molecule has 72 valence electrons. The summed E-state index contributed by atoms with van der Waals surface area (Å²) in [5.41, 5.74) is 2.71. The van der Waals surface area contributed by atoms with Gasteiger partial charge in [0.2, 0.25) is 0 Å². The van der Waals surface area contributed by atoms with Gasteiger partial charge in [-0.2, -0.15) is 0 Å². The fraction of sp³-hybridized carbons (Fsp3) is 0.273. The average Bonchev–Trinajstić information content (AvgIpc) is 2.17. The van der Waals surface area contributed by atoms with Gasteiger partial charge in [0.25, 0.3) is 0 Å². The van der Waals surface area contributed by atoms with E-state index in [-0.39, 0.29) is 5.78 Å². The van der Waals surface area contributed by atoms with Gasteiger partial charge in [0.05, 0.1) is 12.1 Å². The highest BCUT2D eigenvalue weighted by molar-refractivity contribution is 6.20. The van der Waals surface area contributed by atoms with E-state index in [1.807, 2.05) is 25.1 Å². The van der Waals surface area contributed by atoms with Crippen LogP contribution >= 0.6 is 0 Å². The molecular formula is C11H12N2O. The molecule has 1 aliphatic heterocycles. The minimum absolute atomic E-state index is 0.150. The number of benzene rings is 1. The van der Waals surface area contributed by atoms with E-state index in [1.165, 1.54) is 0 Å². The lowest BCUT2D eigenvalue weighted by Gasteiger charge is -2.19. The highest BCUT2D eigenvalue weighted by Gasteiger charge is 2.21. The molecule has 0 fully saturated rings. The Morgan fingerprint density at radius 3 is 2.93 bits per heavy atom. The molecule has 1 heterocycles. The molecule has 0 amide bonds. The summed E-state index contributed by atoms with van der Waals surface area (Å²) >= 11 is 0. The maximum Gasteiger partial charge on any atom is 0.172 e. The fourth-order valence-corrected chi connectivity index (χ4v) is 1.72. The van der Waals surface area contributed by atoms with Gasteiger partial charge in [-0.15, -0.1) is 0 Å². The molecule has 0 saturated carbocycles. The number of carbonyl (C=O) groups is 1. The van der Waals surface area contributed by atoms with E-state index in [2.05, 4.69) is 10.3 Å². The van der Waals surface area contributed by atoms with Gasteiger partial charge < -0.3 is 5.32 Å². The van der Waals surface area contributed by atoms with Crippen LogP contribution in [0.3, 0.4) is 0 Å². The number of hydrogen-bond donors (Lipinski definition) is 1. The molecule has 0 atom stereocenters. The lowest BCUT2D eigenvalue weighted by atomic mass is 9.97. The van der Waals surface area contributed by atoms with Crippen LogP contribution in [0.15, 0.2) is 23.2 Å². The van der Waals surface area contributed by atoms with Crippen molar-refractivity contribution in [3.05, 3.63) is 29.3 Å². The van der Waals surface area contributed by atoms with Crippen molar-refractivity contribution in [2.45, 2.75) is 13.3 Å². The zero-order chi connectivity index (χ0) is 10.1. The smallest absolute Gasteiger partial charge is 0.172 e. The Balaban J connectivity index is 2.55. The lowest BCUT2D eigenvalue weighted by molar-refractivity contribution is 0.0999. The molecule has 0 unspecified atom stereocenters. The van der Waals surface area contributed by atoms with Crippen LogP contribution < -0.4 is 5.32 Å². The van der Waals surface area contributed by atoms with Crippen molar-refractivity contribution in [2.24, 2.45) is 4.99 Å². The Hall–Kier alpha value is -1.64. The van der Waals surface area contributed by atoms with E-state index >= 15 is 0 Å². The zero-order valence-electron chi connectivity index (χ0n) is 8.29. The monoisotopic (exact) mass is 188 g/mol. The number of hydrogen-bond acceptors (Lipinski definition) is 2. The molecule has 0 radical (unpaired) electrons. The van der Waals surface area contributed by atoms with Crippen molar-refractivity contribution in [2.75, 3.05) is 12.4 Å². The normalized spacial score (nSPS) is 17.9. The predicted molar refractivity (Wildman–Crippen MR) is 57.1 cm³/mol. The fourth-order valence-electron chi connectivity index (χ4n) is 1.72. The number of anilines is 1. The molecule has 2 rings (SSSR count). The predicted octanol–water partition coefficient (Wildman–Crippen LogP) is 2.02. The second-order valence-corrected chi connectivity index (χ2v) is 3.39. The van der Waals surface area contributed by atoms with Crippen LogP contribution in [-0.4, -0.2) is 18.7 Å². The number of nitrogens with one attached hydrogen (secondary N) is 1. The summed E-state index contributed by atoms with van der Waals surface area (Å²) in [6, 6.07) is 5.80. The molecule has 3 nitrogen and oxygen atoms in total. The molecule has 1 aromatic rings. The number of rotatable bonds is 0. The molecule has 14 heavy (non-hydrogen) atoms. The van der Waals surface area contributed by atoms with Gasteiger partial charge >= 0.3 is 0 Å². The van der Waals surface area contributed by atoms with Gasteiger partial charge in [0.15, 0.2) is 5.78 Å². The molecule has 1 N–H and O–H groups in total.